The second-order valence-corrected chi connectivity index (χ2v) is 4.21. The van der Waals surface area contributed by atoms with Crippen molar-refractivity contribution in [2.24, 2.45) is 5.84 Å². The molecule has 0 bridgehead atoms. The van der Waals surface area contributed by atoms with Gasteiger partial charge in [0.2, 0.25) is 0 Å². The van der Waals surface area contributed by atoms with Crippen LogP contribution in [0.1, 0.15) is 36.9 Å². The minimum atomic E-state index is -0.230. The number of hydrogen-bond donors (Lipinski definition) is 2. The molecule has 0 fully saturated rings. The van der Waals surface area contributed by atoms with E-state index in [1.54, 1.807) is 13.2 Å². The summed E-state index contributed by atoms with van der Waals surface area (Å²) < 4.78 is 18.5. The zero-order valence-corrected chi connectivity index (χ0v) is 10.7. The fourth-order valence-corrected chi connectivity index (χ4v) is 2.09. The maximum absolute atomic E-state index is 13.1. The number of aryl methyl sites for hydroxylation is 1. The van der Waals surface area contributed by atoms with Crippen LogP contribution < -0.4 is 11.3 Å². The van der Waals surface area contributed by atoms with Crippen LogP contribution in [0.2, 0.25) is 0 Å². The van der Waals surface area contributed by atoms with Crippen molar-refractivity contribution < 1.29 is 9.13 Å². The van der Waals surface area contributed by atoms with Gasteiger partial charge in [-0.15, -0.1) is 0 Å². The van der Waals surface area contributed by atoms with E-state index in [0.717, 1.165) is 24.0 Å². The fraction of sp³-hybridized carbons (Fsp3) is 0.538. The number of ether oxygens (including phenoxy) is 1. The highest BCUT2D eigenvalue weighted by molar-refractivity contribution is 5.30. The third-order valence-corrected chi connectivity index (χ3v) is 2.99. The van der Waals surface area contributed by atoms with Gasteiger partial charge >= 0.3 is 0 Å². The molecule has 0 amide bonds. The third kappa shape index (κ3) is 3.49. The molecule has 0 spiro atoms. The normalized spacial score (nSPS) is 14.6. The standard InChI is InChI=1S/C13H21FN2O/c1-4-5-12(17-3)13(16-15)11-7-6-10(14)8-9(11)2/h6-8,12-13,16H,4-5,15H2,1-3H3. The van der Waals surface area contributed by atoms with Crippen molar-refractivity contribution in [1.29, 1.82) is 0 Å². The number of hydrogen-bond acceptors (Lipinski definition) is 3. The van der Waals surface area contributed by atoms with Gasteiger partial charge in [-0.05, 0) is 36.6 Å². The first-order valence-electron chi connectivity index (χ1n) is 5.89. The maximum atomic E-state index is 13.1. The predicted octanol–water partition coefficient (Wildman–Crippen LogP) is 2.45. The predicted molar refractivity (Wildman–Crippen MR) is 66.9 cm³/mol. The topological polar surface area (TPSA) is 47.3 Å². The first-order chi connectivity index (χ1) is 8.13. The molecule has 0 aliphatic carbocycles. The Kier molecular flexibility index (Phi) is 5.55. The van der Waals surface area contributed by atoms with Gasteiger partial charge in [0, 0.05) is 7.11 Å². The van der Waals surface area contributed by atoms with Crippen molar-refractivity contribution in [2.45, 2.75) is 38.8 Å². The van der Waals surface area contributed by atoms with Gasteiger partial charge in [-0.2, -0.15) is 0 Å². The number of methoxy groups -OCH3 is 1. The smallest absolute Gasteiger partial charge is 0.123 e. The van der Waals surface area contributed by atoms with E-state index in [1.165, 1.54) is 12.1 Å². The molecule has 2 unspecified atom stereocenters. The van der Waals surface area contributed by atoms with Gasteiger partial charge in [-0.3, -0.25) is 11.3 Å². The van der Waals surface area contributed by atoms with Crippen molar-refractivity contribution in [2.75, 3.05) is 7.11 Å². The molecule has 0 saturated carbocycles. The molecule has 0 aromatic heterocycles. The summed E-state index contributed by atoms with van der Waals surface area (Å²) in [5.74, 6) is 5.36. The van der Waals surface area contributed by atoms with Gasteiger partial charge in [-0.1, -0.05) is 19.4 Å². The van der Waals surface area contributed by atoms with Gasteiger partial charge in [0.05, 0.1) is 12.1 Å². The summed E-state index contributed by atoms with van der Waals surface area (Å²) >= 11 is 0. The molecule has 17 heavy (non-hydrogen) atoms. The highest BCUT2D eigenvalue weighted by atomic mass is 19.1. The molecule has 0 saturated heterocycles. The van der Waals surface area contributed by atoms with Crippen LogP contribution >= 0.6 is 0 Å². The summed E-state index contributed by atoms with van der Waals surface area (Å²) in [7, 11) is 1.67. The summed E-state index contributed by atoms with van der Waals surface area (Å²) in [6.07, 6.45) is 1.91. The van der Waals surface area contributed by atoms with Gasteiger partial charge < -0.3 is 4.74 Å². The molecule has 1 aromatic carbocycles. The van der Waals surface area contributed by atoms with E-state index in [4.69, 9.17) is 10.6 Å². The molecule has 0 radical (unpaired) electrons. The van der Waals surface area contributed by atoms with Gasteiger partial charge in [0.25, 0.3) is 0 Å². The number of benzene rings is 1. The van der Waals surface area contributed by atoms with E-state index in [1.807, 2.05) is 6.92 Å². The van der Waals surface area contributed by atoms with E-state index in [9.17, 15) is 4.39 Å². The molecule has 2 atom stereocenters. The number of halogens is 1. The maximum Gasteiger partial charge on any atom is 0.123 e. The van der Waals surface area contributed by atoms with Crippen LogP contribution in [0, 0.1) is 12.7 Å². The van der Waals surface area contributed by atoms with Crippen molar-refractivity contribution in [1.82, 2.24) is 5.43 Å². The lowest BCUT2D eigenvalue weighted by molar-refractivity contribution is 0.0604. The van der Waals surface area contributed by atoms with Crippen LogP contribution in [0.3, 0.4) is 0 Å². The van der Waals surface area contributed by atoms with Gasteiger partial charge in [0.1, 0.15) is 5.82 Å². The summed E-state index contributed by atoms with van der Waals surface area (Å²) in [4.78, 5) is 0. The first-order valence-corrected chi connectivity index (χ1v) is 5.89. The van der Waals surface area contributed by atoms with E-state index >= 15 is 0 Å². The highest BCUT2D eigenvalue weighted by Crippen LogP contribution is 2.25. The number of hydrazine groups is 1. The Morgan fingerprint density at radius 2 is 2.18 bits per heavy atom. The molecule has 3 N–H and O–H groups in total. The highest BCUT2D eigenvalue weighted by Gasteiger charge is 2.22. The second kappa shape index (κ2) is 6.69. The van der Waals surface area contributed by atoms with Crippen LogP contribution in [0.15, 0.2) is 18.2 Å². The molecular weight excluding hydrogens is 219 g/mol. The minimum Gasteiger partial charge on any atom is -0.379 e. The Morgan fingerprint density at radius 3 is 2.65 bits per heavy atom. The van der Waals surface area contributed by atoms with Crippen molar-refractivity contribution in [3.8, 4) is 0 Å². The van der Waals surface area contributed by atoms with Crippen molar-refractivity contribution in [3.63, 3.8) is 0 Å². The van der Waals surface area contributed by atoms with Crippen molar-refractivity contribution in [3.05, 3.63) is 35.1 Å². The van der Waals surface area contributed by atoms with Crippen LogP contribution in [0.5, 0.6) is 0 Å². The van der Waals surface area contributed by atoms with Crippen LogP contribution in [-0.4, -0.2) is 13.2 Å². The number of nitrogens with one attached hydrogen (secondary N) is 1. The molecule has 3 nitrogen and oxygen atoms in total. The van der Waals surface area contributed by atoms with Crippen LogP contribution in [0.4, 0.5) is 4.39 Å². The molecule has 0 aliphatic rings. The summed E-state index contributed by atoms with van der Waals surface area (Å²) in [5, 5.41) is 0. The summed E-state index contributed by atoms with van der Waals surface area (Å²) in [6, 6.07) is 4.61. The van der Waals surface area contributed by atoms with E-state index in [0.29, 0.717) is 0 Å². The average Bonchev–Trinajstić information content (AvgIpc) is 2.31. The lowest BCUT2D eigenvalue weighted by atomic mass is 9.95. The molecule has 1 aromatic rings. The fourth-order valence-electron chi connectivity index (χ4n) is 2.09. The second-order valence-electron chi connectivity index (χ2n) is 4.21. The van der Waals surface area contributed by atoms with Gasteiger partial charge in [-0.25, -0.2) is 4.39 Å². The average molecular weight is 240 g/mol. The molecule has 0 aliphatic heterocycles. The van der Waals surface area contributed by atoms with Gasteiger partial charge in [0.15, 0.2) is 0 Å². The quantitative estimate of drug-likeness (QED) is 0.593. The Balaban J connectivity index is 2.99. The van der Waals surface area contributed by atoms with E-state index < -0.39 is 0 Å². The van der Waals surface area contributed by atoms with Crippen LogP contribution in [-0.2, 0) is 4.74 Å². The van der Waals surface area contributed by atoms with Crippen LogP contribution in [0.25, 0.3) is 0 Å². The Labute approximate surface area is 102 Å². The summed E-state index contributed by atoms with van der Waals surface area (Å²) in [6.45, 7) is 3.97. The monoisotopic (exact) mass is 240 g/mol. The Morgan fingerprint density at radius 1 is 1.47 bits per heavy atom. The zero-order valence-electron chi connectivity index (χ0n) is 10.7. The molecular formula is C13H21FN2O. The minimum absolute atomic E-state index is 0.00541. The van der Waals surface area contributed by atoms with E-state index in [2.05, 4.69) is 12.3 Å². The number of rotatable bonds is 6. The Hall–Kier alpha value is -0.970. The molecule has 96 valence electrons. The Bertz CT molecular complexity index is 357. The molecule has 4 heteroatoms. The SMILES string of the molecule is CCCC(OC)C(NN)c1ccc(F)cc1C. The molecule has 0 heterocycles. The third-order valence-electron chi connectivity index (χ3n) is 2.99. The van der Waals surface area contributed by atoms with Crippen molar-refractivity contribution >= 4 is 0 Å². The summed E-state index contributed by atoms with van der Waals surface area (Å²) in [5.41, 5.74) is 4.63. The molecule has 1 rings (SSSR count). The first kappa shape index (κ1) is 14.1. The zero-order chi connectivity index (χ0) is 12.8. The largest absolute Gasteiger partial charge is 0.379 e. The lowest BCUT2D eigenvalue weighted by Gasteiger charge is -2.26. The lowest BCUT2D eigenvalue weighted by Crippen LogP contribution is -2.38. The van der Waals surface area contributed by atoms with E-state index in [-0.39, 0.29) is 18.0 Å². The number of nitrogens with two attached hydrogens (primary N) is 1.